The van der Waals surface area contributed by atoms with Gasteiger partial charge in [-0.1, -0.05) is 11.1 Å². The van der Waals surface area contributed by atoms with Gasteiger partial charge >= 0.3 is 0 Å². The van der Waals surface area contributed by atoms with Gasteiger partial charge in [-0.15, -0.1) is 0 Å². The number of fused-ring (bicyclic) bond motifs is 1. The predicted molar refractivity (Wildman–Crippen MR) is 54.9 cm³/mol. The van der Waals surface area contributed by atoms with Gasteiger partial charge in [0.25, 0.3) is 0 Å². The summed E-state index contributed by atoms with van der Waals surface area (Å²) in [7, 11) is 0. The number of nitrogens with one attached hydrogen (secondary N) is 1. The van der Waals surface area contributed by atoms with Crippen LogP contribution in [0.1, 0.15) is 38.5 Å². The summed E-state index contributed by atoms with van der Waals surface area (Å²) in [5, 5.41) is 2.46. The van der Waals surface area contributed by atoms with Crippen LogP contribution in [0.3, 0.4) is 0 Å². The number of rotatable bonds is 0. The van der Waals surface area contributed by atoms with Crippen molar-refractivity contribution in [3.05, 3.63) is 11.1 Å². The molecule has 1 fully saturated rings. The van der Waals surface area contributed by atoms with Gasteiger partial charge in [0.2, 0.25) is 11.8 Å². The molecular weight excluding hydrogens is 190 g/mol. The van der Waals surface area contributed by atoms with E-state index in [0.29, 0.717) is 0 Å². The third-order valence-corrected chi connectivity index (χ3v) is 4.05. The van der Waals surface area contributed by atoms with Crippen LogP contribution in [0.2, 0.25) is 0 Å². The topological polar surface area (TPSA) is 46.2 Å². The Balaban J connectivity index is 1.91. The number of hydrogen-bond donors (Lipinski definition) is 1. The molecule has 0 bridgehead atoms. The van der Waals surface area contributed by atoms with Gasteiger partial charge in [-0.3, -0.25) is 14.9 Å². The maximum Gasteiger partial charge on any atom is 0.230 e. The molecule has 1 N–H and O–H groups in total. The fourth-order valence-corrected chi connectivity index (χ4v) is 3.20. The molecule has 2 unspecified atom stereocenters. The van der Waals surface area contributed by atoms with Crippen LogP contribution in [0.4, 0.5) is 0 Å². The Kier molecular flexibility index (Phi) is 1.94. The van der Waals surface area contributed by atoms with Crippen LogP contribution in [0, 0.1) is 11.8 Å². The van der Waals surface area contributed by atoms with E-state index in [1.165, 1.54) is 24.0 Å². The molecule has 3 heteroatoms. The lowest BCUT2D eigenvalue weighted by Gasteiger charge is -2.30. The van der Waals surface area contributed by atoms with E-state index in [-0.39, 0.29) is 23.7 Å². The van der Waals surface area contributed by atoms with Gasteiger partial charge in [0.15, 0.2) is 0 Å². The van der Waals surface area contributed by atoms with Crippen LogP contribution in [0.25, 0.3) is 0 Å². The summed E-state index contributed by atoms with van der Waals surface area (Å²) >= 11 is 0. The first-order valence-electron chi connectivity index (χ1n) is 5.80. The van der Waals surface area contributed by atoms with Crippen molar-refractivity contribution in [2.45, 2.75) is 38.5 Å². The minimum atomic E-state index is -0.0469. The van der Waals surface area contributed by atoms with Crippen LogP contribution in [0.15, 0.2) is 11.1 Å². The Morgan fingerprint density at radius 3 is 1.80 bits per heavy atom. The molecule has 3 aliphatic rings. The van der Waals surface area contributed by atoms with Crippen molar-refractivity contribution in [2.24, 2.45) is 11.8 Å². The maximum absolute atomic E-state index is 11.5. The summed E-state index contributed by atoms with van der Waals surface area (Å²) in [4.78, 5) is 23.1. The molecule has 0 aromatic heterocycles. The van der Waals surface area contributed by atoms with E-state index in [1.54, 1.807) is 0 Å². The lowest BCUT2D eigenvalue weighted by atomic mass is 9.72. The zero-order valence-corrected chi connectivity index (χ0v) is 8.71. The minimum Gasteiger partial charge on any atom is -0.296 e. The molecule has 2 aliphatic carbocycles. The van der Waals surface area contributed by atoms with E-state index < -0.39 is 0 Å². The highest BCUT2D eigenvalue weighted by Gasteiger charge is 2.44. The average Bonchev–Trinajstić information content (AvgIpc) is 2.52. The Hall–Kier alpha value is -1.12. The molecule has 2 atom stereocenters. The summed E-state index contributed by atoms with van der Waals surface area (Å²) in [6.07, 6.45) is 6.51. The molecule has 15 heavy (non-hydrogen) atoms. The molecule has 2 amide bonds. The van der Waals surface area contributed by atoms with Gasteiger partial charge in [-0.25, -0.2) is 0 Å². The van der Waals surface area contributed by atoms with Crippen LogP contribution in [-0.4, -0.2) is 11.8 Å². The Bertz CT molecular complexity index is 336. The van der Waals surface area contributed by atoms with E-state index in [9.17, 15) is 9.59 Å². The second kappa shape index (κ2) is 3.19. The molecule has 0 radical (unpaired) electrons. The molecule has 1 saturated heterocycles. The highest BCUT2D eigenvalue weighted by Crippen LogP contribution is 2.43. The van der Waals surface area contributed by atoms with Crippen molar-refractivity contribution < 1.29 is 9.59 Å². The van der Waals surface area contributed by atoms with Crippen molar-refractivity contribution in [1.29, 1.82) is 0 Å². The molecule has 1 aliphatic heterocycles. The van der Waals surface area contributed by atoms with Gasteiger partial charge < -0.3 is 0 Å². The molecule has 1 heterocycles. The lowest BCUT2D eigenvalue weighted by molar-refractivity contribution is -0.126. The summed E-state index contributed by atoms with van der Waals surface area (Å²) in [5.41, 5.74) is 2.96. The van der Waals surface area contributed by atoms with Gasteiger partial charge in [0.05, 0.1) is 11.8 Å². The summed E-state index contributed by atoms with van der Waals surface area (Å²) in [6.45, 7) is 0. The third kappa shape index (κ3) is 1.33. The SMILES string of the molecule is O=C1NC(=O)C2CC3=C(CCCC3)CC12. The van der Waals surface area contributed by atoms with Crippen LogP contribution >= 0.6 is 0 Å². The minimum absolute atomic E-state index is 0.0397. The van der Waals surface area contributed by atoms with Crippen molar-refractivity contribution in [2.75, 3.05) is 0 Å². The fraction of sp³-hybridized carbons (Fsp3) is 0.667. The predicted octanol–water partition coefficient (Wildman–Crippen LogP) is 1.54. The Morgan fingerprint density at radius 2 is 1.33 bits per heavy atom. The number of imide groups is 1. The summed E-state index contributed by atoms with van der Waals surface area (Å²) in [6, 6.07) is 0. The molecule has 3 nitrogen and oxygen atoms in total. The van der Waals surface area contributed by atoms with Gasteiger partial charge in [0.1, 0.15) is 0 Å². The first-order valence-corrected chi connectivity index (χ1v) is 5.80. The number of carbonyl (C=O) groups excluding carboxylic acids is 2. The van der Waals surface area contributed by atoms with Crippen molar-refractivity contribution in [3.8, 4) is 0 Å². The van der Waals surface area contributed by atoms with Gasteiger partial charge in [-0.2, -0.15) is 0 Å². The molecule has 3 rings (SSSR count). The average molecular weight is 205 g/mol. The number of carbonyl (C=O) groups is 2. The largest absolute Gasteiger partial charge is 0.296 e. The van der Waals surface area contributed by atoms with E-state index in [2.05, 4.69) is 5.32 Å². The second-order valence-electron chi connectivity index (χ2n) is 4.89. The zero-order valence-electron chi connectivity index (χ0n) is 8.71. The van der Waals surface area contributed by atoms with Crippen LogP contribution < -0.4 is 5.32 Å². The first-order chi connectivity index (χ1) is 7.25. The van der Waals surface area contributed by atoms with Crippen LogP contribution in [-0.2, 0) is 9.59 Å². The van der Waals surface area contributed by atoms with E-state index >= 15 is 0 Å². The highest BCUT2D eigenvalue weighted by molar-refractivity contribution is 6.05. The standard InChI is InChI=1S/C12H15NO2/c14-11-9-5-7-3-1-2-4-8(7)6-10(9)12(15)13-11/h9-10H,1-6H2,(H,13,14,15). The van der Waals surface area contributed by atoms with Crippen LogP contribution in [0.5, 0.6) is 0 Å². The van der Waals surface area contributed by atoms with E-state index in [4.69, 9.17) is 0 Å². The Labute approximate surface area is 88.9 Å². The number of hydrogen-bond acceptors (Lipinski definition) is 2. The van der Waals surface area contributed by atoms with Crippen molar-refractivity contribution >= 4 is 11.8 Å². The zero-order chi connectivity index (χ0) is 10.4. The van der Waals surface area contributed by atoms with E-state index in [1.807, 2.05) is 0 Å². The van der Waals surface area contributed by atoms with Crippen molar-refractivity contribution in [3.63, 3.8) is 0 Å². The first kappa shape index (κ1) is 9.13. The van der Waals surface area contributed by atoms with E-state index in [0.717, 1.165) is 25.7 Å². The number of amides is 2. The molecule has 0 aromatic carbocycles. The maximum atomic E-state index is 11.5. The smallest absolute Gasteiger partial charge is 0.230 e. The molecule has 80 valence electrons. The van der Waals surface area contributed by atoms with Gasteiger partial charge in [0, 0.05) is 0 Å². The summed E-state index contributed by atoms with van der Waals surface area (Å²) in [5.74, 6) is -0.173. The Morgan fingerprint density at radius 1 is 0.867 bits per heavy atom. The third-order valence-electron chi connectivity index (χ3n) is 4.05. The molecule has 0 spiro atoms. The number of allylic oxidation sites excluding steroid dienone is 2. The molecular formula is C12H15NO2. The second-order valence-corrected chi connectivity index (χ2v) is 4.89. The monoisotopic (exact) mass is 205 g/mol. The van der Waals surface area contributed by atoms with Gasteiger partial charge in [-0.05, 0) is 38.5 Å². The lowest BCUT2D eigenvalue weighted by Crippen LogP contribution is -2.25. The fourth-order valence-electron chi connectivity index (χ4n) is 3.20. The normalized spacial score (nSPS) is 34.9. The highest BCUT2D eigenvalue weighted by atomic mass is 16.2. The summed E-state index contributed by atoms with van der Waals surface area (Å²) < 4.78 is 0. The van der Waals surface area contributed by atoms with Crippen molar-refractivity contribution in [1.82, 2.24) is 5.32 Å². The quantitative estimate of drug-likeness (QED) is 0.481. The molecule has 0 saturated carbocycles. The molecule has 0 aromatic rings.